The van der Waals surface area contributed by atoms with Crippen LogP contribution in [0.15, 0.2) is 127 Å². The lowest BCUT2D eigenvalue weighted by Gasteiger charge is -2.36. The second-order valence-corrected chi connectivity index (χ2v) is 14.4. The molecule has 0 saturated carbocycles. The maximum atomic E-state index is 14.5. The molecule has 0 aliphatic carbocycles. The first-order valence-corrected chi connectivity index (χ1v) is 19.3. The first kappa shape index (κ1) is 37.8. The number of carboxylic acid groups (broad SMARTS) is 1. The van der Waals surface area contributed by atoms with Crippen LogP contribution in [0, 0.1) is 0 Å². The summed E-state index contributed by atoms with van der Waals surface area (Å²) in [5, 5.41) is 9.55. The van der Waals surface area contributed by atoms with Gasteiger partial charge in [0.05, 0.1) is 19.8 Å². The minimum atomic E-state index is -0.979. The Hall–Kier alpha value is -5.52. The predicted octanol–water partition coefficient (Wildman–Crippen LogP) is 8.20. The molecule has 1 N–H and O–H groups in total. The highest BCUT2D eigenvalue weighted by Crippen LogP contribution is 2.42. The number of carbonyl (C=O) groups is 2. The molecule has 0 spiro atoms. The van der Waals surface area contributed by atoms with Crippen molar-refractivity contribution in [2.24, 2.45) is 0 Å². The summed E-state index contributed by atoms with van der Waals surface area (Å²) in [5.74, 6) is 0.524. The third kappa shape index (κ3) is 10.2. The summed E-state index contributed by atoms with van der Waals surface area (Å²) in [6, 6.07) is 42.1. The number of ether oxygens (including phenoxy) is 4. The topological polar surface area (TPSA) is 97.8 Å². The Balaban J connectivity index is 1.04. The molecule has 7 rings (SSSR count). The number of piperazine rings is 1. The van der Waals surface area contributed by atoms with Gasteiger partial charge in [0.25, 0.3) is 0 Å². The number of nitrogens with zero attached hydrogens (tertiary/aromatic N) is 2. The third-order valence-corrected chi connectivity index (χ3v) is 10.7. The van der Waals surface area contributed by atoms with E-state index in [9.17, 15) is 9.59 Å². The molecule has 1 aliphatic heterocycles. The maximum absolute atomic E-state index is 14.5. The van der Waals surface area contributed by atoms with E-state index in [2.05, 4.69) is 9.80 Å². The highest BCUT2D eigenvalue weighted by atomic mass is 32.1. The lowest BCUT2D eigenvalue weighted by Crippen LogP contribution is -2.47. The summed E-state index contributed by atoms with van der Waals surface area (Å²) >= 11 is 1.60. The van der Waals surface area contributed by atoms with E-state index in [-0.39, 0.29) is 19.0 Å². The monoisotopic (exact) mass is 756 g/mol. The Labute approximate surface area is 325 Å². The van der Waals surface area contributed by atoms with Crippen molar-refractivity contribution in [3.05, 3.63) is 150 Å². The van der Waals surface area contributed by atoms with Gasteiger partial charge in [0.2, 0.25) is 0 Å². The Morgan fingerprint density at radius 1 is 0.655 bits per heavy atom. The number of ketones is 1. The van der Waals surface area contributed by atoms with Crippen LogP contribution in [-0.4, -0.2) is 80.9 Å². The lowest BCUT2D eigenvalue weighted by molar-refractivity contribution is -0.142. The van der Waals surface area contributed by atoms with E-state index < -0.39 is 5.97 Å². The molecule has 1 aliphatic rings. The van der Waals surface area contributed by atoms with Crippen LogP contribution in [-0.2, 0) is 27.5 Å². The first-order chi connectivity index (χ1) is 27.0. The lowest BCUT2D eigenvalue weighted by atomic mass is 9.97. The number of carbonyl (C=O) groups excluding carboxylic acids is 1. The second-order valence-electron chi connectivity index (χ2n) is 13.3. The zero-order valence-electron chi connectivity index (χ0n) is 30.6. The van der Waals surface area contributed by atoms with Crippen molar-refractivity contribution in [3.63, 3.8) is 0 Å². The molecule has 1 aromatic heterocycles. The molecule has 5 aromatic carbocycles. The minimum Gasteiger partial charge on any atom is -0.489 e. The average Bonchev–Trinajstić information content (AvgIpc) is 3.61. The molecule has 0 bridgehead atoms. The summed E-state index contributed by atoms with van der Waals surface area (Å²) in [7, 11) is 0. The number of thiophene rings is 1. The zero-order valence-corrected chi connectivity index (χ0v) is 31.4. The van der Waals surface area contributed by atoms with Crippen molar-refractivity contribution in [2.45, 2.75) is 13.2 Å². The Kier molecular flexibility index (Phi) is 12.8. The second kappa shape index (κ2) is 18.7. The van der Waals surface area contributed by atoms with Crippen LogP contribution in [0.5, 0.6) is 11.5 Å². The molecule has 55 heavy (non-hydrogen) atoms. The molecule has 1 saturated heterocycles. The van der Waals surface area contributed by atoms with Gasteiger partial charge in [0.15, 0.2) is 5.78 Å². The van der Waals surface area contributed by atoms with Gasteiger partial charge < -0.3 is 29.0 Å². The molecular formula is C45H44N2O7S. The summed E-state index contributed by atoms with van der Waals surface area (Å²) in [4.78, 5) is 30.6. The Morgan fingerprint density at radius 2 is 1.27 bits per heavy atom. The largest absolute Gasteiger partial charge is 0.489 e. The molecular weight excluding hydrogens is 713 g/mol. The molecule has 0 atom stereocenters. The van der Waals surface area contributed by atoms with Crippen LogP contribution in [0.4, 0.5) is 5.69 Å². The van der Waals surface area contributed by atoms with Gasteiger partial charge in [-0.1, -0.05) is 60.7 Å². The van der Waals surface area contributed by atoms with Gasteiger partial charge in [-0.05, 0) is 83.4 Å². The quantitative estimate of drug-likeness (QED) is 0.0688. The average molecular weight is 757 g/mol. The number of aliphatic carboxylic acids is 1. The van der Waals surface area contributed by atoms with Crippen molar-refractivity contribution in [1.29, 1.82) is 0 Å². The van der Waals surface area contributed by atoms with Gasteiger partial charge in [0.1, 0.15) is 31.3 Å². The van der Waals surface area contributed by atoms with Crippen LogP contribution in [0.2, 0.25) is 0 Å². The smallest absolute Gasteiger partial charge is 0.329 e. The number of benzene rings is 5. The number of hydrogen-bond donors (Lipinski definition) is 1. The van der Waals surface area contributed by atoms with Gasteiger partial charge in [-0.2, -0.15) is 0 Å². The predicted molar refractivity (Wildman–Crippen MR) is 217 cm³/mol. The van der Waals surface area contributed by atoms with Crippen molar-refractivity contribution in [2.75, 3.05) is 64.1 Å². The number of rotatable bonds is 18. The highest BCUT2D eigenvalue weighted by molar-refractivity contribution is 7.22. The number of carboxylic acids is 1. The Bertz CT molecular complexity index is 2150. The molecule has 282 valence electrons. The summed E-state index contributed by atoms with van der Waals surface area (Å²) < 4.78 is 23.8. The number of hydrogen-bond acceptors (Lipinski definition) is 9. The fourth-order valence-electron chi connectivity index (χ4n) is 6.55. The van der Waals surface area contributed by atoms with Crippen LogP contribution < -0.4 is 14.4 Å². The van der Waals surface area contributed by atoms with Crippen LogP contribution in [0.3, 0.4) is 0 Å². The molecule has 0 unspecified atom stereocenters. The van der Waals surface area contributed by atoms with Crippen molar-refractivity contribution < 1.29 is 33.6 Å². The van der Waals surface area contributed by atoms with Crippen LogP contribution in [0.1, 0.15) is 27.0 Å². The highest BCUT2D eigenvalue weighted by Gasteiger charge is 2.23. The fraction of sp³-hybridized carbons (Fsp3) is 0.244. The zero-order chi connectivity index (χ0) is 37.8. The van der Waals surface area contributed by atoms with Gasteiger partial charge >= 0.3 is 5.97 Å². The molecule has 1 fully saturated rings. The Morgan fingerprint density at radius 3 is 1.93 bits per heavy atom. The van der Waals surface area contributed by atoms with Crippen molar-refractivity contribution in [1.82, 2.24) is 4.90 Å². The fourth-order valence-corrected chi connectivity index (χ4v) is 7.78. The van der Waals surface area contributed by atoms with Crippen LogP contribution >= 0.6 is 11.3 Å². The van der Waals surface area contributed by atoms with Gasteiger partial charge in [-0.25, -0.2) is 4.79 Å². The molecule has 6 aromatic rings. The molecule has 9 nitrogen and oxygen atoms in total. The number of fused-ring (bicyclic) bond motifs is 1. The normalized spacial score (nSPS) is 13.2. The van der Waals surface area contributed by atoms with E-state index in [1.807, 2.05) is 127 Å². The summed E-state index contributed by atoms with van der Waals surface area (Å²) in [6.07, 6.45) is 0. The SMILES string of the molecule is O=C(O)COCCOCCN1CCN(c2ccc(C(=O)c3c(-c4ccc(OCc5ccccc5)cc4)sc4cc(OCc5ccccc5)ccc34)cc2)CC1. The molecule has 2 heterocycles. The third-order valence-electron chi connectivity index (χ3n) is 9.52. The minimum absolute atomic E-state index is 0.0201. The van der Waals surface area contributed by atoms with Crippen molar-refractivity contribution >= 4 is 38.9 Å². The van der Waals surface area contributed by atoms with Gasteiger partial charge in [-0.15, -0.1) is 11.3 Å². The molecule has 0 radical (unpaired) electrons. The van der Waals surface area contributed by atoms with E-state index in [1.165, 1.54) is 0 Å². The van der Waals surface area contributed by atoms with Crippen LogP contribution in [0.25, 0.3) is 20.5 Å². The van der Waals surface area contributed by atoms with E-state index >= 15 is 0 Å². The summed E-state index contributed by atoms with van der Waals surface area (Å²) in [5.41, 5.74) is 5.56. The van der Waals surface area contributed by atoms with Crippen molar-refractivity contribution in [3.8, 4) is 21.9 Å². The van der Waals surface area contributed by atoms with E-state index in [1.54, 1.807) is 11.3 Å². The van der Waals surface area contributed by atoms with E-state index in [0.29, 0.717) is 37.6 Å². The number of anilines is 1. The summed E-state index contributed by atoms with van der Waals surface area (Å²) in [6.45, 7) is 6.20. The standard InChI is InChI=1S/C45H44N2O7S/c48-42(49)32-52-28-27-51-26-25-46-21-23-47(24-22-46)37-15-11-35(12-16-37)44(50)43-40-20-19-39(54-31-34-9-5-2-6-10-34)29-41(40)55-45(43)36-13-17-38(18-14-36)53-30-33-7-3-1-4-8-33/h1-20,29H,21-28,30-32H2,(H,48,49). The molecule has 10 heteroatoms. The van der Waals surface area contributed by atoms with E-state index in [4.69, 9.17) is 24.1 Å². The maximum Gasteiger partial charge on any atom is 0.329 e. The van der Waals surface area contributed by atoms with Gasteiger partial charge in [-0.3, -0.25) is 9.69 Å². The first-order valence-electron chi connectivity index (χ1n) is 18.5. The van der Waals surface area contributed by atoms with E-state index in [0.717, 1.165) is 81.6 Å². The van der Waals surface area contributed by atoms with Gasteiger partial charge in [0, 0.05) is 64.5 Å². The molecule has 0 amide bonds.